The van der Waals surface area contributed by atoms with Gasteiger partial charge in [-0.15, -0.1) is 11.8 Å². The summed E-state index contributed by atoms with van der Waals surface area (Å²) in [7, 11) is 0. The average molecular weight is 433 g/mol. The Labute approximate surface area is 178 Å². The molecule has 1 atom stereocenters. The van der Waals surface area contributed by atoms with Crippen molar-refractivity contribution in [2.45, 2.75) is 18.2 Å². The van der Waals surface area contributed by atoms with Crippen molar-refractivity contribution in [3.05, 3.63) is 35.5 Å². The normalized spacial score (nSPS) is 18.7. The summed E-state index contributed by atoms with van der Waals surface area (Å²) < 4.78 is 10.3. The Morgan fingerprint density at radius 2 is 2.07 bits per heavy atom. The first kappa shape index (κ1) is 21.7. The van der Waals surface area contributed by atoms with Crippen molar-refractivity contribution in [3.63, 3.8) is 0 Å². The van der Waals surface area contributed by atoms with Crippen molar-refractivity contribution >= 4 is 41.3 Å². The maximum atomic E-state index is 12.5. The molecule has 1 saturated heterocycles. The number of thioether (sulfide) groups is 1. The molecular formula is C20H23N3O6S. The van der Waals surface area contributed by atoms with Gasteiger partial charge in [-0.05, 0) is 31.4 Å². The molecule has 0 spiro atoms. The molecule has 0 saturated carbocycles. The largest absolute Gasteiger partial charge is 0.463 e. The highest BCUT2D eigenvalue weighted by Gasteiger charge is 2.36. The average Bonchev–Trinajstić information content (AvgIpc) is 3.14. The number of nitrogens with one attached hydrogen (secondary N) is 2. The lowest BCUT2D eigenvalue weighted by Gasteiger charge is -2.21. The van der Waals surface area contributed by atoms with Crippen LogP contribution in [0.5, 0.6) is 0 Å². The van der Waals surface area contributed by atoms with Gasteiger partial charge < -0.3 is 25.0 Å². The molecule has 3 amide bonds. The minimum Gasteiger partial charge on any atom is -0.463 e. The van der Waals surface area contributed by atoms with Gasteiger partial charge in [0.05, 0.1) is 30.3 Å². The molecule has 1 aromatic rings. The van der Waals surface area contributed by atoms with E-state index in [0.717, 1.165) is 10.6 Å². The lowest BCUT2D eigenvalue weighted by Crippen LogP contribution is -2.45. The van der Waals surface area contributed by atoms with Crippen molar-refractivity contribution in [3.8, 4) is 0 Å². The Hall–Kier alpha value is -3.01. The highest BCUT2D eigenvalue weighted by Crippen LogP contribution is 2.28. The van der Waals surface area contributed by atoms with Crippen LogP contribution in [0.2, 0.25) is 0 Å². The smallest absolute Gasteiger partial charge is 0.337 e. The number of urea groups is 1. The Morgan fingerprint density at radius 3 is 2.80 bits per heavy atom. The number of anilines is 1. The summed E-state index contributed by atoms with van der Waals surface area (Å²) in [6.45, 7) is 1.77. The predicted molar refractivity (Wildman–Crippen MR) is 110 cm³/mol. The number of hydrogen-bond donors (Lipinski definition) is 2. The third-order valence-corrected chi connectivity index (χ3v) is 5.48. The van der Waals surface area contributed by atoms with Gasteiger partial charge in [0.2, 0.25) is 5.91 Å². The molecule has 10 heteroatoms. The van der Waals surface area contributed by atoms with E-state index in [1.807, 2.05) is 30.5 Å². The highest BCUT2D eigenvalue weighted by atomic mass is 32.2. The molecule has 0 bridgehead atoms. The van der Waals surface area contributed by atoms with E-state index in [9.17, 15) is 19.2 Å². The standard InChI is InChI=1S/C20H23N3O6S/c1-3-28-19(26)15-9-21-20(27)22-16(15)11-29-18(25)12-7-17(24)23(10-12)13-5-4-6-14(8-13)30-2/h4-6,8,12H,3,7,9-11H2,1-2H3,(H2,21,22,27)/t12-/m1/s1. The summed E-state index contributed by atoms with van der Waals surface area (Å²) in [5, 5.41) is 4.96. The zero-order valence-electron chi connectivity index (χ0n) is 16.7. The van der Waals surface area contributed by atoms with Gasteiger partial charge in [0.1, 0.15) is 6.61 Å². The number of carbonyl (C=O) groups is 4. The fourth-order valence-electron chi connectivity index (χ4n) is 3.22. The van der Waals surface area contributed by atoms with Crippen LogP contribution in [0.3, 0.4) is 0 Å². The van der Waals surface area contributed by atoms with E-state index in [-0.39, 0.29) is 49.9 Å². The van der Waals surface area contributed by atoms with Crippen LogP contribution in [0, 0.1) is 5.92 Å². The summed E-state index contributed by atoms with van der Waals surface area (Å²) in [5.41, 5.74) is 1.11. The fourth-order valence-corrected chi connectivity index (χ4v) is 3.68. The van der Waals surface area contributed by atoms with E-state index in [1.54, 1.807) is 23.6 Å². The van der Waals surface area contributed by atoms with Crippen molar-refractivity contribution in [1.82, 2.24) is 10.6 Å². The van der Waals surface area contributed by atoms with Gasteiger partial charge >= 0.3 is 18.0 Å². The van der Waals surface area contributed by atoms with E-state index in [0.29, 0.717) is 0 Å². The van der Waals surface area contributed by atoms with Gasteiger partial charge in [-0.2, -0.15) is 0 Å². The van der Waals surface area contributed by atoms with Crippen LogP contribution in [-0.2, 0) is 23.9 Å². The minimum atomic E-state index is -0.625. The van der Waals surface area contributed by atoms with Crippen molar-refractivity contribution in [2.24, 2.45) is 5.92 Å². The molecule has 2 N–H and O–H groups in total. The van der Waals surface area contributed by atoms with Crippen molar-refractivity contribution < 1.29 is 28.7 Å². The van der Waals surface area contributed by atoms with Crippen LogP contribution in [0.4, 0.5) is 10.5 Å². The SMILES string of the molecule is CCOC(=O)C1=C(COC(=O)[C@@H]2CC(=O)N(c3cccc(SC)c3)C2)NC(=O)NC1. The number of nitrogens with zero attached hydrogens (tertiary/aromatic N) is 1. The lowest BCUT2D eigenvalue weighted by molar-refractivity contribution is -0.147. The maximum absolute atomic E-state index is 12.5. The lowest BCUT2D eigenvalue weighted by atomic mass is 10.1. The third-order valence-electron chi connectivity index (χ3n) is 4.76. The van der Waals surface area contributed by atoms with Crippen LogP contribution in [-0.4, -0.2) is 56.4 Å². The summed E-state index contributed by atoms with van der Waals surface area (Å²) >= 11 is 1.57. The molecule has 0 aliphatic carbocycles. The van der Waals surface area contributed by atoms with Crippen molar-refractivity contribution in [2.75, 3.05) is 37.5 Å². The number of amides is 3. The van der Waals surface area contributed by atoms with Crippen LogP contribution in [0.25, 0.3) is 0 Å². The first-order valence-electron chi connectivity index (χ1n) is 9.48. The molecule has 0 radical (unpaired) electrons. The second-order valence-corrected chi connectivity index (χ2v) is 7.58. The predicted octanol–water partition coefficient (Wildman–Crippen LogP) is 1.43. The summed E-state index contributed by atoms with van der Waals surface area (Å²) in [5.74, 6) is -1.93. The van der Waals surface area contributed by atoms with E-state index in [1.165, 1.54) is 0 Å². The Balaban J connectivity index is 1.65. The minimum absolute atomic E-state index is 0.0149. The van der Waals surface area contributed by atoms with Gasteiger partial charge in [0, 0.05) is 23.5 Å². The molecule has 30 heavy (non-hydrogen) atoms. The maximum Gasteiger partial charge on any atom is 0.337 e. The van der Waals surface area contributed by atoms with Crippen molar-refractivity contribution in [1.29, 1.82) is 0 Å². The van der Waals surface area contributed by atoms with Gasteiger partial charge in [0.25, 0.3) is 0 Å². The zero-order chi connectivity index (χ0) is 21.7. The molecule has 2 aliphatic heterocycles. The molecule has 160 valence electrons. The monoisotopic (exact) mass is 433 g/mol. The molecule has 2 aliphatic rings. The molecule has 1 fully saturated rings. The quantitative estimate of drug-likeness (QED) is 0.494. The number of hydrogen-bond acceptors (Lipinski definition) is 7. The van der Waals surface area contributed by atoms with E-state index in [2.05, 4.69) is 10.6 Å². The van der Waals surface area contributed by atoms with Crippen LogP contribution in [0.15, 0.2) is 40.4 Å². The van der Waals surface area contributed by atoms with Crippen LogP contribution < -0.4 is 15.5 Å². The summed E-state index contributed by atoms with van der Waals surface area (Å²) in [6, 6.07) is 7.04. The van der Waals surface area contributed by atoms with Crippen LogP contribution >= 0.6 is 11.8 Å². The summed E-state index contributed by atoms with van der Waals surface area (Å²) in [4.78, 5) is 51.2. The van der Waals surface area contributed by atoms with Gasteiger partial charge in [0.15, 0.2) is 0 Å². The van der Waals surface area contributed by atoms with Crippen LogP contribution in [0.1, 0.15) is 13.3 Å². The first-order chi connectivity index (χ1) is 14.4. The molecule has 3 rings (SSSR count). The molecule has 2 heterocycles. The van der Waals surface area contributed by atoms with E-state index in [4.69, 9.17) is 9.47 Å². The van der Waals surface area contributed by atoms with Gasteiger partial charge in [-0.25, -0.2) is 9.59 Å². The Kier molecular flexibility index (Phi) is 6.99. The molecule has 1 aromatic carbocycles. The number of rotatable bonds is 7. The number of carbonyl (C=O) groups excluding carboxylic acids is 4. The third kappa shape index (κ3) is 4.93. The number of ether oxygens (including phenoxy) is 2. The second-order valence-electron chi connectivity index (χ2n) is 6.70. The Bertz CT molecular complexity index is 900. The van der Waals surface area contributed by atoms with E-state index >= 15 is 0 Å². The second kappa shape index (κ2) is 9.66. The molecule has 0 unspecified atom stereocenters. The fraction of sp³-hybridized carbons (Fsp3) is 0.400. The van der Waals surface area contributed by atoms with Gasteiger partial charge in [-0.1, -0.05) is 6.07 Å². The summed E-state index contributed by atoms with van der Waals surface area (Å²) in [6.07, 6.45) is 1.99. The topological polar surface area (TPSA) is 114 Å². The zero-order valence-corrected chi connectivity index (χ0v) is 17.5. The van der Waals surface area contributed by atoms with Gasteiger partial charge in [-0.3, -0.25) is 9.59 Å². The Morgan fingerprint density at radius 1 is 1.27 bits per heavy atom. The molecule has 0 aromatic heterocycles. The highest BCUT2D eigenvalue weighted by molar-refractivity contribution is 7.98. The number of benzene rings is 1. The molecular weight excluding hydrogens is 410 g/mol. The first-order valence-corrected chi connectivity index (χ1v) is 10.7. The van der Waals surface area contributed by atoms with E-state index < -0.39 is 23.9 Å². The number of esters is 2. The molecule has 9 nitrogen and oxygen atoms in total.